The smallest absolute Gasteiger partial charge is 0.309 e. The highest BCUT2D eigenvalue weighted by Crippen LogP contribution is 2.34. The topological polar surface area (TPSA) is 26.3 Å². The molecule has 0 aliphatic rings. The summed E-state index contributed by atoms with van der Waals surface area (Å²) in [5.74, 6) is 0.527. The van der Waals surface area contributed by atoms with E-state index >= 15 is 0 Å². The van der Waals surface area contributed by atoms with Crippen molar-refractivity contribution in [2.75, 3.05) is 0 Å². The van der Waals surface area contributed by atoms with Crippen LogP contribution in [0.25, 0.3) is 0 Å². The molecule has 0 saturated heterocycles. The Bertz CT molecular complexity index is 268. The maximum absolute atomic E-state index is 12.4. The molecular formula is C17H34O2. The molecule has 2 nitrogen and oxygen atoms in total. The zero-order valence-corrected chi connectivity index (χ0v) is 14.3. The zero-order valence-electron chi connectivity index (χ0n) is 14.3. The van der Waals surface area contributed by atoms with Crippen molar-refractivity contribution in [3.05, 3.63) is 0 Å². The molecule has 2 unspecified atom stereocenters. The van der Waals surface area contributed by atoms with Gasteiger partial charge in [-0.1, -0.05) is 53.9 Å². The lowest BCUT2D eigenvalue weighted by atomic mass is 9.75. The molecular weight excluding hydrogens is 236 g/mol. The van der Waals surface area contributed by atoms with Gasteiger partial charge in [0.05, 0.1) is 5.92 Å². The summed E-state index contributed by atoms with van der Waals surface area (Å²) >= 11 is 0. The molecule has 2 heteroatoms. The molecule has 0 fully saturated rings. The first-order chi connectivity index (χ1) is 8.47. The molecule has 0 spiro atoms. The van der Waals surface area contributed by atoms with Crippen LogP contribution in [0, 0.1) is 17.3 Å². The Morgan fingerprint density at radius 2 is 1.63 bits per heavy atom. The highest BCUT2D eigenvalue weighted by Gasteiger charge is 2.35. The fourth-order valence-electron chi connectivity index (χ4n) is 2.25. The van der Waals surface area contributed by atoms with E-state index in [9.17, 15) is 4.79 Å². The molecule has 0 aliphatic carbocycles. The minimum atomic E-state index is -0.396. The van der Waals surface area contributed by atoms with Crippen LogP contribution in [0.3, 0.4) is 0 Å². The summed E-state index contributed by atoms with van der Waals surface area (Å²) < 4.78 is 5.59. The third-order valence-corrected chi connectivity index (χ3v) is 3.43. The number of rotatable bonds is 6. The molecule has 0 N–H and O–H groups in total. The SMILES string of the molecule is CCCCC(C)CC(C(=O)OC(C)(C)C)C(C)(C)C. The predicted octanol–water partition coefficient (Wildman–Crippen LogP) is 5.21. The van der Waals surface area contributed by atoms with Crippen LogP contribution in [0.15, 0.2) is 0 Å². The van der Waals surface area contributed by atoms with Gasteiger partial charge in [0.2, 0.25) is 0 Å². The molecule has 0 rings (SSSR count). The predicted molar refractivity (Wildman–Crippen MR) is 82.1 cm³/mol. The third kappa shape index (κ3) is 8.28. The van der Waals surface area contributed by atoms with Gasteiger partial charge >= 0.3 is 5.97 Å². The van der Waals surface area contributed by atoms with Crippen LogP contribution < -0.4 is 0 Å². The molecule has 0 heterocycles. The molecule has 0 aliphatic heterocycles. The first-order valence-electron chi connectivity index (χ1n) is 7.70. The molecule has 0 aromatic carbocycles. The summed E-state index contributed by atoms with van der Waals surface area (Å²) in [6, 6.07) is 0. The maximum Gasteiger partial charge on any atom is 0.309 e. The lowest BCUT2D eigenvalue weighted by Crippen LogP contribution is -2.36. The molecule has 2 atom stereocenters. The van der Waals surface area contributed by atoms with Gasteiger partial charge in [0.25, 0.3) is 0 Å². The van der Waals surface area contributed by atoms with E-state index in [0.29, 0.717) is 5.92 Å². The second-order valence-electron chi connectivity index (χ2n) is 7.94. The van der Waals surface area contributed by atoms with Crippen molar-refractivity contribution in [1.29, 1.82) is 0 Å². The minimum absolute atomic E-state index is 0.0152. The zero-order chi connectivity index (χ0) is 15.3. The van der Waals surface area contributed by atoms with E-state index in [1.165, 1.54) is 19.3 Å². The summed E-state index contributed by atoms with van der Waals surface area (Å²) in [6.07, 6.45) is 4.59. The average Bonchev–Trinajstić information content (AvgIpc) is 2.18. The largest absolute Gasteiger partial charge is 0.460 e. The number of ether oxygens (including phenoxy) is 1. The fourth-order valence-corrected chi connectivity index (χ4v) is 2.25. The fraction of sp³-hybridized carbons (Fsp3) is 0.941. The van der Waals surface area contributed by atoms with Gasteiger partial charge < -0.3 is 4.74 Å². The highest BCUT2D eigenvalue weighted by atomic mass is 16.6. The monoisotopic (exact) mass is 270 g/mol. The lowest BCUT2D eigenvalue weighted by molar-refractivity contribution is -0.164. The van der Waals surface area contributed by atoms with Crippen molar-refractivity contribution < 1.29 is 9.53 Å². The molecule has 0 bridgehead atoms. The van der Waals surface area contributed by atoms with E-state index in [2.05, 4.69) is 34.6 Å². The standard InChI is InChI=1S/C17H34O2/c1-9-10-11-13(2)12-14(16(3,4)5)15(18)19-17(6,7)8/h13-14H,9-12H2,1-8H3. The Kier molecular flexibility index (Phi) is 7.10. The van der Waals surface area contributed by atoms with Crippen LogP contribution >= 0.6 is 0 Å². The van der Waals surface area contributed by atoms with Crippen molar-refractivity contribution >= 4 is 5.97 Å². The van der Waals surface area contributed by atoms with Crippen molar-refractivity contribution in [1.82, 2.24) is 0 Å². The maximum atomic E-state index is 12.4. The average molecular weight is 270 g/mol. The van der Waals surface area contributed by atoms with E-state index in [1.54, 1.807) is 0 Å². The van der Waals surface area contributed by atoms with E-state index < -0.39 is 5.60 Å². The van der Waals surface area contributed by atoms with Crippen LogP contribution in [0.1, 0.15) is 81.1 Å². The Hall–Kier alpha value is -0.530. The normalized spacial score (nSPS) is 16.0. The summed E-state index contributed by atoms with van der Waals surface area (Å²) in [7, 11) is 0. The summed E-state index contributed by atoms with van der Waals surface area (Å²) in [5.41, 5.74) is -0.434. The van der Waals surface area contributed by atoms with Crippen LogP contribution in [-0.2, 0) is 9.53 Å². The van der Waals surface area contributed by atoms with Gasteiger partial charge in [-0.15, -0.1) is 0 Å². The van der Waals surface area contributed by atoms with Gasteiger partial charge in [-0.05, 0) is 38.5 Å². The summed E-state index contributed by atoms with van der Waals surface area (Å²) in [4.78, 5) is 12.4. The first kappa shape index (κ1) is 18.5. The first-order valence-corrected chi connectivity index (χ1v) is 7.70. The van der Waals surface area contributed by atoms with Gasteiger partial charge in [-0.3, -0.25) is 4.79 Å². The van der Waals surface area contributed by atoms with E-state index in [-0.39, 0.29) is 17.3 Å². The van der Waals surface area contributed by atoms with Gasteiger partial charge in [0, 0.05) is 0 Å². The van der Waals surface area contributed by atoms with Gasteiger partial charge in [-0.25, -0.2) is 0 Å². The number of unbranched alkanes of at least 4 members (excludes halogenated alkanes) is 1. The van der Waals surface area contributed by atoms with Gasteiger partial charge in [0.1, 0.15) is 5.60 Å². The molecule has 0 radical (unpaired) electrons. The van der Waals surface area contributed by atoms with Crippen molar-refractivity contribution in [3.63, 3.8) is 0 Å². The molecule has 114 valence electrons. The molecule has 0 aromatic rings. The Morgan fingerprint density at radius 3 is 2.00 bits per heavy atom. The van der Waals surface area contributed by atoms with Crippen LogP contribution in [0.2, 0.25) is 0 Å². The second kappa shape index (κ2) is 7.31. The van der Waals surface area contributed by atoms with Crippen molar-refractivity contribution in [2.24, 2.45) is 17.3 Å². The quantitative estimate of drug-likeness (QED) is 0.619. The number of carbonyl (C=O) groups is 1. The second-order valence-corrected chi connectivity index (χ2v) is 7.94. The molecule has 0 saturated carbocycles. The van der Waals surface area contributed by atoms with Crippen molar-refractivity contribution in [3.8, 4) is 0 Å². The number of hydrogen-bond acceptors (Lipinski definition) is 2. The van der Waals surface area contributed by atoms with Crippen LogP contribution in [0.4, 0.5) is 0 Å². The number of carbonyl (C=O) groups excluding carboxylic acids is 1. The Morgan fingerprint density at radius 1 is 1.11 bits per heavy atom. The molecule has 0 aromatic heterocycles. The van der Waals surface area contributed by atoms with E-state index in [4.69, 9.17) is 4.74 Å². The van der Waals surface area contributed by atoms with E-state index in [1.807, 2.05) is 20.8 Å². The number of esters is 1. The minimum Gasteiger partial charge on any atom is -0.460 e. The van der Waals surface area contributed by atoms with Crippen molar-refractivity contribution in [2.45, 2.75) is 86.7 Å². The van der Waals surface area contributed by atoms with Gasteiger partial charge in [-0.2, -0.15) is 0 Å². The lowest BCUT2D eigenvalue weighted by Gasteiger charge is -2.33. The Balaban J connectivity index is 4.70. The van der Waals surface area contributed by atoms with Crippen LogP contribution in [0.5, 0.6) is 0 Å². The highest BCUT2D eigenvalue weighted by molar-refractivity contribution is 5.73. The van der Waals surface area contributed by atoms with E-state index in [0.717, 1.165) is 6.42 Å². The Labute approximate surface area is 120 Å². The molecule has 0 amide bonds. The van der Waals surface area contributed by atoms with Crippen LogP contribution in [-0.4, -0.2) is 11.6 Å². The summed E-state index contributed by atoms with van der Waals surface area (Å²) in [5, 5.41) is 0. The summed E-state index contributed by atoms with van der Waals surface area (Å²) in [6.45, 7) is 16.7. The third-order valence-electron chi connectivity index (χ3n) is 3.43. The van der Waals surface area contributed by atoms with Gasteiger partial charge in [0.15, 0.2) is 0 Å². The number of hydrogen-bond donors (Lipinski definition) is 0. The molecule has 19 heavy (non-hydrogen) atoms.